The van der Waals surface area contributed by atoms with Crippen molar-refractivity contribution in [2.24, 2.45) is 5.92 Å². The molecule has 3 nitrogen and oxygen atoms in total. The predicted octanol–water partition coefficient (Wildman–Crippen LogP) is 1.22. The Kier molecular flexibility index (Phi) is 3.21. The first kappa shape index (κ1) is 11.2. The maximum absolute atomic E-state index is 11.8. The molecule has 2 aliphatic carbocycles. The summed E-state index contributed by atoms with van der Waals surface area (Å²) in [5.41, 5.74) is 0. The summed E-state index contributed by atoms with van der Waals surface area (Å²) in [6, 6.07) is 1.27. The summed E-state index contributed by atoms with van der Waals surface area (Å²) in [4.78, 5) is 11.8. The average molecular weight is 231 g/mol. The fraction of sp³-hybridized carbons (Fsp3) is 0.909. The predicted molar refractivity (Wildman–Crippen MR) is 61.1 cm³/mol. The molecule has 0 bridgehead atoms. The van der Waals surface area contributed by atoms with E-state index < -0.39 is 0 Å². The zero-order chi connectivity index (χ0) is 9.54. The van der Waals surface area contributed by atoms with E-state index >= 15 is 0 Å². The van der Waals surface area contributed by atoms with Crippen LogP contribution >= 0.6 is 12.4 Å². The molecule has 1 saturated heterocycles. The molecule has 3 atom stereocenters. The van der Waals surface area contributed by atoms with Crippen molar-refractivity contribution >= 4 is 18.3 Å². The lowest BCUT2D eigenvalue weighted by molar-refractivity contribution is -0.123. The Labute approximate surface area is 96.8 Å². The molecule has 0 spiro atoms. The van der Waals surface area contributed by atoms with E-state index in [9.17, 15) is 4.79 Å². The number of fused-ring (bicyclic) bond motifs is 1. The number of hydrogen-bond acceptors (Lipinski definition) is 2. The van der Waals surface area contributed by atoms with E-state index in [-0.39, 0.29) is 24.4 Å². The van der Waals surface area contributed by atoms with Crippen LogP contribution in [0.2, 0.25) is 0 Å². The van der Waals surface area contributed by atoms with Crippen molar-refractivity contribution < 1.29 is 4.79 Å². The highest BCUT2D eigenvalue weighted by atomic mass is 35.5. The van der Waals surface area contributed by atoms with E-state index in [0.717, 1.165) is 12.3 Å². The van der Waals surface area contributed by atoms with Gasteiger partial charge in [0.05, 0.1) is 6.04 Å². The zero-order valence-corrected chi connectivity index (χ0v) is 9.69. The van der Waals surface area contributed by atoms with Gasteiger partial charge in [0.25, 0.3) is 0 Å². The second kappa shape index (κ2) is 4.30. The summed E-state index contributed by atoms with van der Waals surface area (Å²) >= 11 is 0. The number of piperidine rings is 1. The fourth-order valence-electron chi connectivity index (χ4n) is 2.90. The van der Waals surface area contributed by atoms with Gasteiger partial charge in [-0.3, -0.25) is 4.79 Å². The first-order valence-corrected chi connectivity index (χ1v) is 5.89. The van der Waals surface area contributed by atoms with Gasteiger partial charge < -0.3 is 10.6 Å². The third kappa shape index (κ3) is 2.28. The van der Waals surface area contributed by atoms with Crippen molar-refractivity contribution in [1.82, 2.24) is 10.6 Å². The van der Waals surface area contributed by atoms with Gasteiger partial charge in [-0.2, -0.15) is 0 Å². The van der Waals surface area contributed by atoms with E-state index in [1.807, 2.05) is 0 Å². The Bertz CT molecular complexity index is 243. The Morgan fingerprint density at radius 2 is 1.93 bits per heavy atom. The molecule has 0 unspecified atom stereocenters. The minimum atomic E-state index is 0. The van der Waals surface area contributed by atoms with Crippen molar-refractivity contribution in [3.63, 3.8) is 0 Å². The number of carbonyl (C=O) groups excluding carboxylic acids is 1. The first-order valence-electron chi connectivity index (χ1n) is 5.89. The molecule has 3 fully saturated rings. The number of nitrogens with one attached hydrogen (secondary N) is 2. The van der Waals surface area contributed by atoms with Crippen LogP contribution in [0.4, 0.5) is 0 Å². The van der Waals surface area contributed by atoms with Crippen LogP contribution in [-0.4, -0.2) is 24.0 Å². The van der Waals surface area contributed by atoms with Crippen LogP contribution in [0.3, 0.4) is 0 Å². The van der Waals surface area contributed by atoms with Crippen LogP contribution < -0.4 is 10.6 Å². The molecule has 0 radical (unpaired) electrons. The summed E-state index contributed by atoms with van der Waals surface area (Å²) in [6.07, 6.45) is 7.32. The molecule has 0 aromatic heterocycles. The summed E-state index contributed by atoms with van der Waals surface area (Å²) < 4.78 is 0. The van der Waals surface area contributed by atoms with Gasteiger partial charge in [0.2, 0.25) is 5.91 Å². The molecule has 1 aliphatic heterocycles. The fourth-order valence-corrected chi connectivity index (χ4v) is 2.90. The van der Waals surface area contributed by atoms with Crippen LogP contribution in [0.25, 0.3) is 0 Å². The van der Waals surface area contributed by atoms with Gasteiger partial charge >= 0.3 is 0 Å². The quantitative estimate of drug-likeness (QED) is 0.749. The molecule has 0 aromatic carbocycles. The van der Waals surface area contributed by atoms with Crippen LogP contribution in [0.15, 0.2) is 0 Å². The van der Waals surface area contributed by atoms with Crippen molar-refractivity contribution in [2.75, 3.05) is 0 Å². The largest absolute Gasteiger partial charge is 0.352 e. The third-order valence-electron chi connectivity index (χ3n) is 3.89. The Morgan fingerprint density at radius 1 is 1.20 bits per heavy atom. The highest BCUT2D eigenvalue weighted by molar-refractivity contribution is 5.85. The van der Waals surface area contributed by atoms with Gasteiger partial charge in [-0.25, -0.2) is 0 Å². The molecule has 1 heterocycles. The van der Waals surface area contributed by atoms with Gasteiger partial charge in [0.15, 0.2) is 0 Å². The van der Waals surface area contributed by atoms with E-state index in [1.165, 1.54) is 32.1 Å². The summed E-state index contributed by atoms with van der Waals surface area (Å²) in [5.74, 6) is 1.07. The Hall–Kier alpha value is -0.280. The Morgan fingerprint density at radius 3 is 2.53 bits per heavy atom. The van der Waals surface area contributed by atoms with Gasteiger partial charge in [0, 0.05) is 12.1 Å². The molecular weight excluding hydrogens is 212 g/mol. The van der Waals surface area contributed by atoms with Crippen molar-refractivity contribution in [3.8, 4) is 0 Å². The third-order valence-corrected chi connectivity index (χ3v) is 3.89. The molecule has 2 N–H and O–H groups in total. The number of rotatable bonds is 2. The van der Waals surface area contributed by atoms with Crippen LogP contribution in [-0.2, 0) is 4.79 Å². The second-order valence-corrected chi connectivity index (χ2v) is 5.05. The lowest BCUT2D eigenvalue weighted by Crippen LogP contribution is -2.45. The maximum Gasteiger partial charge on any atom is 0.237 e. The molecule has 15 heavy (non-hydrogen) atoms. The van der Waals surface area contributed by atoms with Crippen LogP contribution in [0.1, 0.15) is 38.5 Å². The molecule has 86 valence electrons. The second-order valence-electron chi connectivity index (χ2n) is 5.05. The van der Waals surface area contributed by atoms with Crippen molar-refractivity contribution in [2.45, 2.75) is 56.7 Å². The minimum Gasteiger partial charge on any atom is -0.352 e. The molecule has 2 saturated carbocycles. The highest BCUT2D eigenvalue weighted by Crippen LogP contribution is 2.40. The van der Waals surface area contributed by atoms with Crippen molar-refractivity contribution in [3.05, 3.63) is 0 Å². The molecule has 3 aliphatic rings. The summed E-state index contributed by atoms with van der Waals surface area (Å²) in [6.45, 7) is 0. The molecule has 4 heteroatoms. The zero-order valence-electron chi connectivity index (χ0n) is 8.87. The highest BCUT2D eigenvalue weighted by Gasteiger charge is 2.47. The summed E-state index contributed by atoms with van der Waals surface area (Å²) in [7, 11) is 0. The molecule has 0 aromatic rings. The molecular formula is C11H19ClN2O. The number of carbonyl (C=O) groups is 1. The van der Waals surface area contributed by atoms with Crippen LogP contribution in [0, 0.1) is 5.92 Å². The van der Waals surface area contributed by atoms with Gasteiger partial charge in [-0.05, 0) is 31.6 Å². The Balaban J connectivity index is 0.000000853. The smallest absolute Gasteiger partial charge is 0.237 e. The first-order chi connectivity index (χ1) is 6.83. The lowest BCUT2D eigenvalue weighted by Gasteiger charge is -2.17. The standard InChI is InChI=1S/C11H18N2O.ClH/c14-11(12-8-3-1-2-4-8)10-6-7-5-9(7)13-10;/h7-10,13H,1-6H2,(H,12,14);1H/t7-,9-,10-;/m0./s1. The average Bonchev–Trinajstić information content (AvgIpc) is 2.68. The SMILES string of the molecule is Cl.O=C(NC1CCCC1)[C@@H]1C[C@@H]2C[C@@H]2N1. The van der Waals surface area contributed by atoms with Gasteiger partial charge in [0.1, 0.15) is 0 Å². The van der Waals surface area contributed by atoms with Gasteiger partial charge in [-0.1, -0.05) is 12.8 Å². The van der Waals surface area contributed by atoms with E-state index in [2.05, 4.69) is 10.6 Å². The summed E-state index contributed by atoms with van der Waals surface area (Å²) in [5, 5.41) is 6.55. The van der Waals surface area contributed by atoms with Crippen LogP contribution in [0.5, 0.6) is 0 Å². The topological polar surface area (TPSA) is 41.1 Å². The molecule has 1 amide bonds. The normalized spacial score (nSPS) is 38.3. The monoisotopic (exact) mass is 230 g/mol. The van der Waals surface area contributed by atoms with E-state index in [4.69, 9.17) is 0 Å². The number of hydrogen-bond donors (Lipinski definition) is 2. The number of halogens is 1. The van der Waals surface area contributed by atoms with E-state index in [0.29, 0.717) is 12.1 Å². The lowest BCUT2D eigenvalue weighted by atomic mass is 10.1. The van der Waals surface area contributed by atoms with Crippen molar-refractivity contribution in [1.29, 1.82) is 0 Å². The maximum atomic E-state index is 11.8. The van der Waals surface area contributed by atoms with E-state index in [1.54, 1.807) is 0 Å². The van der Waals surface area contributed by atoms with Gasteiger partial charge in [-0.15, -0.1) is 12.4 Å². The minimum absolute atomic E-state index is 0. The number of amides is 1. The molecule has 3 rings (SSSR count).